The summed E-state index contributed by atoms with van der Waals surface area (Å²) in [7, 11) is 0. The highest BCUT2D eigenvalue weighted by Gasteiger charge is 2.52. The SMILES string of the molecule is c1ccc(C2=C3[C@H](CCC2)[C@H]2c4ccccc4C[C@@H]32)cc1. The van der Waals surface area contributed by atoms with Gasteiger partial charge in [0.25, 0.3) is 0 Å². The third kappa shape index (κ3) is 1.56. The van der Waals surface area contributed by atoms with E-state index in [0.29, 0.717) is 0 Å². The molecule has 104 valence electrons. The van der Waals surface area contributed by atoms with E-state index < -0.39 is 0 Å². The lowest BCUT2D eigenvalue weighted by molar-refractivity contribution is 0.246. The predicted molar refractivity (Wildman–Crippen MR) is 87.1 cm³/mol. The highest BCUT2D eigenvalue weighted by Crippen LogP contribution is 2.63. The average molecular weight is 272 g/mol. The molecule has 5 rings (SSSR count). The summed E-state index contributed by atoms with van der Waals surface area (Å²) in [5.41, 5.74) is 8.24. The summed E-state index contributed by atoms with van der Waals surface area (Å²) in [6, 6.07) is 20.3. The zero-order valence-corrected chi connectivity index (χ0v) is 12.3. The van der Waals surface area contributed by atoms with Crippen LogP contribution in [0.4, 0.5) is 0 Å². The van der Waals surface area contributed by atoms with Crippen LogP contribution in [0.3, 0.4) is 0 Å². The van der Waals surface area contributed by atoms with Gasteiger partial charge in [-0.3, -0.25) is 0 Å². The van der Waals surface area contributed by atoms with E-state index >= 15 is 0 Å². The first-order chi connectivity index (χ1) is 10.4. The molecule has 0 nitrogen and oxygen atoms in total. The summed E-state index contributed by atoms with van der Waals surface area (Å²) < 4.78 is 0. The van der Waals surface area contributed by atoms with Crippen LogP contribution in [0.25, 0.3) is 5.57 Å². The summed E-state index contributed by atoms with van der Waals surface area (Å²) in [5.74, 6) is 2.47. The Hall–Kier alpha value is -1.82. The van der Waals surface area contributed by atoms with Gasteiger partial charge in [0, 0.05) is 0 Å². The van der Waals surface area contributed by atoms with E-state index in [2.05, 4.69) is 54.6 Å². The van der Waals surface area contributed by atoms with Crippen molar-refractivity contribution in [3.63, 3.8) is 0 Å². The third-order valence-corrected chi connectivity index (χ3v) is 5.93. The molecule has 0 bridgehead atoms. The van der Waals surface area contributed by atoms with Gasteiger partial charge in [0.15, 0.2) is 0 Å². The lowest BCUT2D eigenvalue weighted by Gasteiger charge is -2.49. The molecule has 2 aromatic rings. The van der Waals surface area contributed by atoms with Crippen LogP contribution in [0, 0.1) is 11.8 Å². The fourth-order valence-corrected chi connectivity index (χ4v) is 5.15. The fourth-order valence-electron chi connectivity index (χ4n) is 5.15. The maximum atomic E-state index is 2.38. The molecule has 3 aliphatic carbocycles. The van der Waals surface area contributed by atoms with Crippen LogP contribution in [-0.2, 0) is 6.42 Å². The van der Waals surface area contributed by atoms with Crippen molar-refractivity contribution in [2.24, 2.45) is 11.8 Å². The minimum Gasteiger partial charge on any atom is -0.0622 e. The summed E-state index contributed by atoms with van der Waals surface area (Å²) in [5, 5.41) is 0. The van der Waals surface area contributed by atoms with Crippen LogP contribution in [0.5, 0.6) is 0 Å². The molecule has 0 aromatic heterocycles. The van der Waals surface area contributed by atoms with Gasteiger partial charge in [-0.25, -0.2) is 0 Å². The molecule has 0 radical (unpaired) electrons. The number of rotatable bonds is 1. The van der Waals surface area contributed by atoms with Crippen molar-refractivity contribution in [1.82, 2.24) is 0 Å². The van der Waals surface area contributed by atoms with Gasteiger partial charge in [-0.1, -0.05) is 60.2 Å². The molecule has 1 saturated carbocycles. The molecule has 1 fully saturated rings. The summed E-state index contributed by atoms with van der Waals surface area (Å²) in [6.45, 7) is 0. The Bertz CT molecular complexity index is 723. The molecule has 3 aliphatic rings. The molecule has 0 unspecified atom stereocenters. The Kier molecular flexibility index (Phi) is 2.44. The maximum Gasteiger partial charge on any atom is -0.00242 e. The smallest absolute Gasteiger partial charge is 0.00242 e. The number of allylic oxidation sites excluding steroid dienone is 2. The molecule has 0 heterocycles. The predicted octanol–water partition coefficient (Wildman–Crippen LogP) is 5.21. The van der Waals surface area contributed by atoms with Crippen molar-refractivity contribution >= 4 is 5.57 Å². The first-order valence-electron chi connectivity index (χ1n) is 8.29. The van der Waals surface area contributed by atoms with Gasteiger partial charge < -0.3 is 0 Å². The fraction of sp³-hybridized carbons (Fsp3) is 0.333. The molecule has 0 saturated heterocycles. The summed E-state index contributed by atoms with van der Waals surface area (Å²) in [4.78, 5) is 0. The first kappa shape index (κ1) is 11.8. The van der Waals surface area contributed by atoms with Gasteiger partial charge >= 0.3 is 0 Å². The Labute approximate surface area is 126 Å². The third-order valence-electron chi connectivity index (χ3n) is 5.93. The van der Waals surface area contributed by atoms with Gasteiger partial charge in [-0.2, -0.15) is 0 Å². The van der Waals surface area contributed by atoms with Gasteiger partial charge in [0.2, 0.25) is 0 Å². The van der Waals surface area contributed by atoms with E-state index in [1.165, 1.54) is 31.2 Å². The van der Waals surface area contributed by atoms with Crippen LogP contribution in [-0.4, -0.2) is 0 Å². The molecule has 3 atom stereocenters. The summed E-state index contributed by atoms with van der Waals surface area (Å²) in [6.07, 6.45) is 5.34. The van der Waals surface area contributed by atoms with Crippen LogP contribution in [0.15, 0.2) is 60.2 Å². The minimum absolute atomic E-state index is 0.808. The monoisotopic (exact) mass is 272 g/mol. The highest BCUT2D eigenvalue weighted by atomic mass is 14.6. The molecule has 0 aliphatic heterocycles. The number of hydrogen-bond donors (Lipinski definition) is 0. The van der Waals surface area contributed by atoms with E-state index in [1.54, 1.807) is 16.7 Å². The Morgan fingerprint density at radius 2 is 1.62 bits per heavy atom. The van der Waals surface area contributed by atoms with E-state index in [9.17, 15) is 0 Å². The van der Waals surface area contributed by atoms with Crippen LogP contribution >= 0.6 is 0 Å². The molecule has 21 heavy (non-hydrogen) atoms. The maximum absolute atomic E-state index is 2.38. The standard InChI is InChI=1S/C21H20/c1-2-7-14(8-3-1)16-11-6-12-18-20(16)19-13-15-9-4-5-10-17(15)21(18)19/h1-5,7-10,18-19,21H,6,11-13H2/t18-,19-,21+/m0/s1. The molecule has 0 heteroatoms. The number of fused-ring (bicyclic) bond motifs is 6. The second kappa shape index (κ2) is 4.34. The lowest BCUT2D eigenvalue weighted by atomic mass is 9.55. The normalized spacial score (nSPS) is 29.4. The van der Waals surface area contributed by atoms with E-state index in [-0.39, 0.29) is 0 Å². The van der Waals surface area contributed by atoms with Crippen LogP contribution < -0.4 is 0 Å². The topological polar surface area (TPSA) is 0 Å². The largest absolute Gasteiger partial charge is 0.0622 e. The molecular weight excluding hydrogens is 252 g/mol. The summed E-state index contributed by atoms with van der Waals surface area (Å²) >= 11 is 0. The molecule has 0 spiro atoms. The quantitative estimate of drug-likeness (QED) is 0.668. The Morgan fingerprint density at radius 3 is 2.52 bits per heavy atom. The van der Waals surface area contributed by atoms with Crippen LogP contribution in [0.2, 0.25) is 0 Å². The lowest BCUT2D eigenvalue weighted by Crippen LogP contribution is -2.38. The van der Waals surface area contributed by atoms with Gasteiger partial charge in [-0.15, -0.1) is 0 Å². The highest BCUT2D eigenvalue weighted by molar-refractivity contribution is 5.74. The van der Waals surface area contributed by atoms with Crippen molar-refractivity contribution in [3.05, 3.63) is 76.9 Å². The van der Waals surface area contributed by atoms with Crippen molar-refractivity contribution in [2.75, 3.05) is 0 Å². The molecule has 2 aromatic carbocycles. The van der Waals surface area contributed by atoms with E-state index in [4.69, 9.17) is 0 Å². The number of benzene rings is 2. The molecule has 0 amide bonds. The van der Waals surface area contributed by atoms with Crippen LogP contribution in [0.1, 0.15) is 41.9 Å². The van der Waals surface area contributed by atoms with Gasteiger partial charge in [0.05, 0.1) is 0 Å². The minimum atomic E-state index is 0.808. The van der Waals surface area contributed by atoms with Crippen molar-refractivity contribution in [2.45, 2.75) is 31.6 Å². The first-order valence-corrected chi connectivity index (χ1v) is 8.29. The van der Waals surface area contributed by atoms with E-state index in [1.807, 2.05) is 5.57 Å². The van der Waals surface area contributed by atoms with Crippen molar-refractivity contribution in [3.8, 4) is 0 Å². The average Bonchev–Trinajstić information content (AvgIpc) is 2.87. The second-order valence-electron chi connectivity index (χ2n) is 6.83. The Morgan fingerprint density at radius 1 is 0.810 bits per heavy atom. The number of hydrogen-bond acceptors (Lipinski definition) is 0. The van der Waals surface area contributed by atoms with Gasteiger partial charge in [0.1, 0.15) is 0 Å². The van der Waals surface area contributed by atoms with Gasteiger partial charge in [-0.05, 0) is 65.7 Å². The molecular formula is C21H20. The van der Waals surface area contributed by atoms with E-state index in [0.717, 1.165) is 17.8 Å². The zero-order chi connectivity index (χ0) is 13.8. The molecule has 0 N–H and O–H groups in total. The second-order valence-corrected chi connectivity index (χ2v) is 6.83. The van der Waals surface area contributed by atoms with Crippen molar-refractivity contribution in [1.29, 1.82) is 0 Å². The van der Waals surface area contributed by atoms with Crippen molar-refractivity contribution < 1.29 is 0 Å². The zero-order valence-electron chi connectivity index (χ0n) is 12.3. The Balaban J connectivity index is 1.62.